The molecule has 3 N–H and O–H groups in total. The summed E-state index contributed by atoms with van der Waals surface area (Å²) in [6.07, 6.45) is 1.87. The Hall–Kier alpha value is -3.98. The smallest absolute Gasteiger partial charge is 0.246 e. The number of carbonyl (C=O) groups excluding carboxylic acids is 4. The summed E-state index contributed by atoms with van der Waals surface area (Å²) in [5.74, 6) is -1.57. The summed E-state index contributed by atoms with van der Waals surface area (Å²) in [6.45, 7) is 0.411. The highest BCUT2D eigenvalue weighted by molar-refractivity contribution is 9.10. The summed E-state index contributed by atoms with van der Waals surface area (Å²) in [4.78, 5) is 56.7. The van der Waals surface area contributed by atoms with Crippen LogP contribution in [0.2, 0.25) is 0 Å². The minimum atomic E-state index is -0.976. The molecule has 0 aliphatic carbocycles. The first-order valence-corrected chi connectivity index (χ1v) is 14.7. The highest BCUT2D eigenvalue weighted by Crippen LogP contribution is 2.22. The summed E-state index contributed by atoms with van der Waals surface area (Å²) in [6, 6.07) is 22.9. The third kappa shape index (κ3) is 7.03. The van der Waals surface area contributed by atoms with Gasteiger partial charge in [0.2, 0.25) is 23.6 Å². The van der Waals surface area contributed by atoms with Crippen LogP contribution in [0.25, 0.3) is 0 Å². The molecule has 3 aromatic carbocycles. The molecule has 41 heavy (non-hydrogen) atoms. The van der Waals surface area contributed by atoms with Crippen LogP contribution in [0.5, 0.6) is 0 Å². The van der Waals surface area contributed by atoms with Crippen LogP contribution in [-0.2, 0) is 38.4 Å². The average molecular weight is 618 g/mol. The Morgan fingerprint density at radius 1 is 0.634 bits per heavy atom. The molecule has 2 heterocycles. The zero-order chi connectivity index (χ0) is 28.8. The van der Waals surface area contributed by atoms with Crippen LogP contribution in [0.3, 0.4) is 0 Å². The first kappa shape index (κ1) is 28.5. The van der Waals surface area contributed by atoms with Crippen molar-refractivity contribution in [1.29, 1.82) is 0 Å². The van der Waals surface area contributed by atoms with Gasteiger partial charge in [0.25, 0.3) is 0 Å². The Balaban J connectivity index is 1.50. The second-order valence-corrected chi connectivity index (χ2v) is 11.4. The van der Waals surface area contributed by atoms with Gasteiger partial charge < -0.3 is 20.9 Å². The third-order valence-electron chi connectivity index (χ3n) is 7.67. The van der Waals surface area contributed by atoms with E-state index in [4.69, 9.17) is 0 Å². The zero-order valence-corrected chi connectivity index (χ0v) is 24.2. The van der Waals surface area contributed by atoms with Gasteiger partial charge in [-0.05, 0) is 35.6 Å². The minimum absolute atomic E-state index is 0.198. The molecule has 5 rings (SSSR count). The molecule has 2 fully saturated rings. The monoisotopic (exact) mass is 616 g/mol. The molecule has 0 radical (unpaired) electrons. The van der Waals surface area contributed by atoms with Crippen LogP contribution in [0.4, 0.5) is 0 Å². The van der Waals surface area contributed by atoms with E-state index in [1.807, 2.05) is 84.9 Å². The van der Waals surface area contributed by atoms with Gasteiger partial charge in [-0.25, -0.2) is 0 Å². The van der Waals surface area contributed by atoms with Crippen molar-refractivity contribution in [3.63, 3.8) is 0 Å². The van der Waals surface area contributed by atoms with Crippen LogP contribution < -0.4 is 16.0 Å². The molecule has 4 amide bonds. The van der Waals surface area contributed by atoms with Crippen molar-refractivity contribution >= 4 is 39.6 Å². The highest BCUT2D eigenvalue weighted by Gasteiger charge is 2.40. The number of halogens is 1. The first-order chi connectivity index (χ1) is 19.9. The summed E-state index contributed by atoms with van der Waals surface area (Å²) >= 11 is 3.54. The van der Waals surface area contributed by atoms with E-state index >= 15 is 0 Å². The molecule has 212 valence electrons. The number of rotatable bonds is 6. The maximum atomic E-state index is 13.9. The van der Waals surface area contributed by atoms with E-state index in [1.54, 1.807) is 4.90 Å². The fourth-order valence-corrected chi connectivity index (χ4v) is 5.96. The molecule has 2 aliphatic rings. The van der Waals surface area contributed by atoms with E-state index in [2.05, 4.69) is 31.9 Å². The maximum Gasteiger partial charge on any atom is 0.246 e. The Morgan fingerprint density at radius 3 is 1.78 bits per heavy atom. The Morgan fingerprint density at radius 2 is 1.15 bits per heavy atom. The second kappa shape index (κ2) is 13.1. The van der Waals surface area contributed by atoms with Crippen molar-refractivity contribution in [3.8, 4) is 0 Å². The van der Waals surface area contributed by atoms with Gasteiger partial charge in [-0.1, -0.05) is 94.8 Å². The van der Waals surface area contributed by atoms with Crippen molar-refractivity contribution in [2.75, 3.05) is 6.54 Å². The molecular formula is C32H33BrN4O4. The first-order valence-electron chi connectivity index (χ1n) is 13.9. The van der Waals surface area contributed by atoms with E-state index in [1.165, 1.54) is 0 Å². The van der Waals surface area contributed by atoms with Gasteiger partial charge in [-0.15, -0.1) is 0 Å². The summed E-state index contributed by atoms with van der Waals surface area (Å²) < 4.78 is 0.805. The molecule has 3 aromatic rings. The minimum Gasteiger partial charge on any atom is -0.342 e. The van der Waals surface area contributed by atoms with E-state index in [0.29, 0.717) is 19.4 Å². The normalized spacial score (nSPS) is 23.5. The number of carbonyl (C=O) groups is 4. The quantitative estimate of drug-likeness (QED) is 0.396. The molecule has 9 heteroatoms. The van der Waals surface area contributed by atoms with Gasteiger partial charge >= 0.3 is 0 Å². The number of benzene rings is 3. The fourth-order valence-electron chi connectivity index (χ4n) is 5.52. The van der Waals surface area contributed by atoms with Crippen LogP contribution in [0.15, 0.2) is 89.4 Å². The van der Waals surface area contributed by atoms with Gasteiger partial charge in [-0.2, -0.15) is 0 Å². The summed E-state index contributed by atoms with van der Waals surface area (Å²) in [5, 5.41) is 8.76. The number of hydrogen-bond donors (Lipinski definition) is 3. The number of hydrogen-bond acceptors (Lipinski definition) is 4. The summed E-state index contributed by atoms with van der Waals surface area (Å²) in [7, 11) is 0. The standard InChI is InChI=1S/C32H33BrN4O4/c33-24-15-8-7-14-23(24)20-26-30(39)36-27(19-22-12-5-2-6-13-22)32(41)37-17-9-16-28(37)31(40)35-25(29(38)34-26)18-21-10-3-1-4-11-21/h1-8,10-15,25-28H,9,16-20H2,(H,34,38)(H,35,40)(H,36,39)/t25-,26+,27-,28+/m0/s1. The molecule has 0 spiro atoms. The molecule has 0 aromatic heterocycles. The molecule has 8 nitrogen and oxygen atoms in total. The lowest BCUT2D eigenvalue weighted by atomic mass is 9.99. The van der Waals surface area contributed by atoms with Gasteiger partial charge in [0.05, 0.1) is 0 Å². The van der Waals surface area contributed by atoms with Crippen LogP contribution in [0, 0.1) is 0 Å². The Kier molecular flexibility index (Phi) is 9.14. The van der Waals surface area contributed by atoms with E-state index in [0.717, 1.165) is 21.2 Å². The molecule has 2 aliphatic heterocycles. The molecule has 0 bridgehead atoms. The second-order valence-electron chi connectivity index (χ2n) is 10.5. The van der Waals surface area contributed by atoms with Crippen LogP contribution in [-0.4, -0.2) is 59.2 Å². The molecular weight excluding hydrogens is 584 g/mol. The van der Waals surface area contributed by atoms with E-state index in [9.17, 15) is 19.2 Å². The molecule has 4 atom stereocenters. The largest absolute Gasteiger partial charge is 0.342 e. The summed E-state index contributed by atoms with van der Waals surface area (Å²) in [5.41, 5.74) is 2.58. The molecule has 0 unspecified atom stereocenters. The topological polar surface area (TPSA) is 108 Å². The number of amides is 4. The lowest BCUT2D eigenvalue weighted by molar-refractivity contribution is -0.143. The van der Waals surface area contributed by atoms with Gasteiger partial charge in [0, 0.05) is 30.3 Å². The van der Waals surface area contributed by atoms with Crippen molar-refractivity contribution in [1.82, 2.24) is 20.9 Å². The van der Waals surface area contributed by atoms with E-state index < -0.39 is 36.0 Å². The van der Waals surface area contributed by atoms with Crippen molar-refractivity contribution in [2.24, 2.45) is 0 Å². The number of fused-ring (bicyclic) bond motifs is 1. The van der Waals surface area contributed by atoms with Crippen molar-refractivity contribution < 1.29 is 19.2 Å². The van der Waals surface area contributed by atoms with Crippen LogP contribution in [0.1, 0.15) is 29.5 Å². The SMILES string of the molecule is O=C1N[C@H](Cc2ccccc2Br)C(=O)N[C@@H](Cc2ccccc2)C(=O)N2CCC[C@@H]2C(=O)N[C@H]1Cc1ccccc1. The Bertz CT molecular complexity index is 1400. The highest BCUT2D eigenvalue weighted by atomic mass is 79.9. The lowest BCUT2D eigenvalue weighted by Gasteiger charge is -2.32. The average Bonchev–Trinajstić information content (AvgIpc) is 3.48. The Labute approximate surface area is 248 Å². The van der Waals surface area contributed by atoms with Gasteiger partial charge in [0.15, 0.2) is 0 Å². The lowest BCUT2D eigenvalue weighted by Crippen LogP contribution is -2.62. The number of nitrogens with one attached hydrogen (secondary N) is 3. The van der Waals surface area contributed by atoms with Gasteiger partial charge in [-0.3, -0.25) is 19.2 Å². The van der Waals surface area contributed by atoms with Crippen molar-refractivity contribution in [3.05, 3.63) is 106 Å². The number of nitrogens with zero attached hydrogens (tertiary/aromatic N) is 1. The maximum absolute atomic E-state index is 13.9. The fraction of sp³-hybridized carbons (Fsp3) is 0.312. The molecule has 0 saturated carbocycles. The zero-order valence-electron chi connectivity index (χ0n) is 22.6. The van der Waals surface area contributed by atoms with Crippen LogP contribution >= 0.6 is 15.9 Å². The predicted molar refractivity (Wildman–Crippen MR) is 159 cm³/mol. The predicted octanol–water partition coefficient (Wildman–Crippen LogP) is 2.94. The van der Waals surface area contributed by atoms with E-state index in [-0.39, 0.29) is 31.1 Å². The molecule has 2 saturated heterocycles. The third-order valence-corrected chi connectivity index (χ3v) is 8.44. The van der Waals surface area contributed by atoms with Crippen molar-refractivity contribution in [2.45, 2.75) is 56.3 Å². The van der Waals surface area contributed by atoms with Gasteiger partial charge in [0.1, 0.15) is 24.2 Å².